The van der Waals surface area contributed by atoms with Crippen LogP contribution in [0.25, 0.3) is 0 Å². The molecular weight excluding hydrogens is 328 g/mol. The molecular formula is C19H26N6O. The van der Waals surface area contributed by atoms with Gasteiger partial charge in [0.25, 0.3) is 0 Å². The molecule has 0 aromatic carbocycles. The fraction of sp³-hybridized carbons (Fsp3) is 0.526. The fourth-order valence-electron chi connectivity index (χ4n) is 3.74. The molecule has 7 nitrogen and oxygen atoms in total. The van der Waals surface area contributed by atoms with E-state index in [0.717, 1.165) is 55.0 Å². The Kier molecular flexibility index (Phi) is 4.30. The number of fused-ring (bicyclic) bond motifs is 1. The number of nitrogens with zero attached hydrogens (tertiary/aromatic N) is 3. The fourth-order valence-corrected chi connectivity index (χ4v) is 3.74. The Morgan fingerprint density at radius 1 is 1.31 bits per heavy atom. The van der Waals surface area contributed by atoms with Gasteiger partial charge >= 0.3 is 0 Å². The van der Waals surface area contributed by atoms with Crippen molar-refractivity contribution in [3.05, 3.63) is 29.1 Å². The highest BCUT2D eigenvalue weighted by molar-refractivity contribution is 6.09. The summed E-state index contributed by atoms with van der Waals surface area (Å²) in [6.45, 7) is 3.61. The van der Waals surface area contributed by atoms with E-state index in [-0.39, 0.29) is 5.91 Å². The van der Waals surface area contributed by atoms with Crippen molar-refractivity contribution in [1.29, 1.82) is 5.41 Å². The maximum atomic E-state index is 11.9. The number of hydrogen-bond donors (Lipinski definition) is 3. The Hall–Kier alpha value is -2.57. The van der Waals surface area contributed by atoms with Crippen LogP contribution in [0.2, 0.25) is 0 Å². The highest BCUT2D eigenvalue weighted by atomic mass is 16.2. The normalized spacial score (nSPS) is 20.0. The van der Waals surface area contributed by atoms with Crippen LogP contribution in [0.4, 0.5) is 11.5 Å². The molecule has 2 aliphatic heterocycles. The number of pyridine rings is 1. The van der Waals surface area contributed by atoms with E-state index in [1.165, 1.54) is 12.8 Å². The first kappa shape index (κ1) is 16.9. The van der Waals surface area contributed by atoms with Gasteiger partial charge in [-0.15, -0.1) is 0 Å². The molecule has 1 aromatic rings. The van der Waals surface area contributed by atoms with Crippen molar-refractivity contribution >= 4 is 23.2 Å². The summed E-state index contributed by atoms with van der Waals surface area (Å²) in [6.07, 6.45) is 5.00. The molecule has 1 amide bonds. The third-order valence-corrected chi connectivity index (χ3v) is 5.36. The molecule has 1 saturated carbocycles. The van der Waals surface area contributed by atoms with Gasteiger partial charge in [0, 0.05) is 43.7 Å². The second kappa shape index (κ2) is 6.63. The van der Waals surface area contributed by atoms with Crippen LogP contribution in [0.1, 0.15) is 38.3 Å². The monoisotopic (exact) mass is 354 g/mol. The molecule has 0 saturated heterocycles. The number of aryl methyl sites for hydroxylation is 1. The molecule has 1 aromatic heterocycles. The van der Waals surface area contributed by atoms with Crippen LogP contribution in [-0.4, -0.2) is 47.3 Å². The molecule has 0 unspecified atom stereocenters. The van der Waals surface area contributed by atoms with Gasteiger partial charge in [-0.25, -0.2) is 4.98 Å². The number of nitrogen functional groups attached to an aromatic ring is 1. The molecule has 0 atom stereocenters. The largest absolute Gasteiger partial charge is 0.385 e. The van der Waals surface area contributed by atoms with E-state index < -0.39 is 0 Å². The lowest BCUT2D eigenvalue weighted by atomic mass is 10.0. The number of rotatable bonds is 3. The van der Waals surface area contributed by atoms with Crippen molar-refractivity contribution in [2.75, 3.05) is 30.3 Å². The Bertz CT molecular complexity index is 782. The standard InChI is InChI=1S/C19H26N6O/c1-12(26)24-10-8-15(22-13-4-5-13)14(11-24)19(21)25-9-2-3-16-17(25)6-7-18(20)23-16/h6-7,13,21-22H,2-5,8-11H2,1H3,(H2,20,23). The number of hydrogen-bond acceptors (Lipinski definition) is 5. The third kappa shape index (κ3) is 3.25. The first-order chi connectivity index (χ1) is 12.5. The van der Waals surface area contributed by atoms with Gasteiger partial charge in [0.1, 0.15) is 11.7 Å². The van der Waals surface area contributed by atoms with Crippen molar-refractivity contribution in [1.82, 2.24) is 15.2 Å². The van der Waals surface area contributed by atoms with E-state index in [9.17, 15) is 4.79 Å². The lowest BCUT2D eigenvalue weighted by Gasteiger charge is -2.36. The number of anilines is 2. The Balaban J connectivity index is 1.66. The van der Waals surface area contributed by atoms with E-state index in [4.69, 9.17) is 11.1 Å². The van der Waals surface area contributed by atoms with Gasteiger partial charge in [-0.05, 0) is 37.8 Å². The summed E-state index contributed by atoms with van der Waals surface area (Å²) in [5.74, 6) is 1.06. The van der Waals surface area contributed by atoms with Gasteiger partial charge in [-0.3, -0.25) is 10.2 Å². The van der Waals surface area contributed by atoms with Crippen molar-refractivity contribution < 1.29 is 4.79 Å². The first-order valence-corrected chi connectivity index (χ1v) is 9.39. The molecule has 4 rings (SSSR count). The van der Waals surface area contributed by atoms with Crippen molar-refractivity contribution in [3.8, 4) is 0 Å². The van der Waals surface area contributed by atoms with E-state index in [1.807, 2.05) is 15.9 Å². The number of nitrogens with two attached hydrogens (primary N) is 1. The minimum Gasteiger partial charge on any atom is -0.385 e. The van der Waals surface area contributed by atoms with Crippen molar-refractivity contribution in [3.63, 3.8) is 0 Å². The summed E-state index contributed by atoms with van der Waals surface area (Å²) in [4.78, 5) is 20.2. The van der Waals surface area contributed by atoms with Crippen LogP contribution in [0, 0.1) is 5.41 Å². The van der Waals surface area contributed by atoms with E-state index in [2.05, 4.69) is 10.3 Å². The molecule has 0 spiro atoms. The molecule has 3 aliphatic rings. The Morgan fingerprint density at radius 3 is 2.85 bits per heavy atom. The summed E-state index contributed by atoms with van der Waals surface area (Å²) >= 11 is 0. The van der Waals surface area contributed by atoms with Crippen LogP contribution in [0.5, 0.6) is 0 Å². The molecule has 0 bridgehead atoms. The predicted molar refractivity (Wildman–Crippen MR) is 102 cm³/mol. The van der Waals surface area contributed by atoms with Crippen LogP contribution in [0.15, 0.2) is 23.4 Å². The maximum Gasteiger partial charge on any atom is 0.219 e. The second-order valence-electron chi connectivity index (χ2n) is 7.37. The first-order valence-electron chi connectivity index (χ1n) is 9.39. The average molecular weight is 354 g/mol. The van der Waals surface area contributed by atoms with Gasteiger partial charge in [0.15, 0.2) is 0 Å². The second-order valence-corrected chi connectivity index (χ2v) is 7.37. The number of amidine groups is 1. The topological polar surface area (TPSA) is 98.3 Å². The Morgan fingerprint density at radius 2 is 2.12 bits per heavy atom. The molecule has 138 valence electrons. The summed E-state index contributed by atoms with van der Waals surface area (Å²) in [7, 11) is 0. The zero-order valence-corrected chi connectivity index (χ0v) is 15.2. The molecule has 4 N–H and O–H groups in total. The molecule has 0 radical (unpaired) electrons. The van der Waals surface area contributed by atoms with Crippen molar-refractivity contribution in [2.24, 2.45) is 0 Å². The van der Waals surface area contributed by atoms with E-state index in [1.54, 1.807) is 13.0 Å². The molecule has 1 aliphatic carbocycles. The molecule has 3 heterocycles. The highest BCUT2D eigenvalue weighted by Gasteiger charge is 2.31. The molecule has 1 fully saturated rings. The van der Waals surface area contributed by atoms with E-state index in [0.29, 0.717) is 24.2 Å². The third-order valence-electron chi connectivity index (χ3n) is 5.36. The number of nitrogens with one attached hydrogen (secondary N) is 2. The summed E-state index contributed by atoms with van der Waals surface area (Å²) in [6, 6.07) is 4.29. The highest BCUT2D eigenvalue weighted by Crippen LogP contribution is 2.30. The van der Waals surface area contributed by atoms with Crippen LogP contribution >= 0.6 is 0 Å². The summed E-state index contributed by atoms with van der Waals surface area (Å²) in [5, 5.41) is 12.5. The van der Waals surface area contributed by atoms with Gasteiger partial charge in [-0.1, -0.05) is 0 Å². The number of carbonyl (C=O) groups excluding carboxylic acids is 1. The van der Waals surface area contributed by atoms with Crippen molar-refractivity contribution in [2.45, 2.75) is 45.1 Å². The quantitative estimate of drug-likeness (QED) is 0.566. The van der Waals surface area contributed by atoms with Gasteiger partial charge < -0.3 is 20.9 Å². The lowest BCUT2D eigenvalue weighted by Crippen LogP contribution is -2.45. The zero-order valence-electron chi connectivity index (χ0n) is 15.2. The average Bonchev–Trinajstić information content (AvgIpc) is 3.44. The number of carbonyl (C=O) groups is 1. The SMILES string of the molecule is CC(=O)N1CCC(NC2CC2)=C(C(=N)N2CCCc3nc(N)ccc32)C1. The van der Waals surface area contributed by atoms with Gasteiger partial charge in [0.2, 0.25) is 5.91 Å². The van der Waals surface area contributed by atoms with Crippen LogP contribution in [0.3, 0.4) is 0 Å². The minimum absolute atomic E-state index is 0.0641. The van der Waals surface area contributed by atoms with Crippen LogP contribution in [-0.2, 0) is 11.2 Å². The lowest BCUT2D eigenvalue weighted by molar-refractivity contribution is -0.128. The summed E-state index contributed by atoms with van der Waals surface area (Å²) < 4.78 is 0. The summed E-state index contributed by atoms with van der Waals surface area (Å²) in [5.41, 5.74) is 9.82. The number of aromatic nitrogens is 1. The van der Waals surface area contributed by atoms with Crippen LogP contribution < -0.4 is 16.0 Å². The van der Waals surface area contributed by atoms with E-state index >= 15 is 0 Å². The predicted octanol–water partition coefficient (Wildman–Crippen LogP) is 1.65. The zero-order chi connectivity index (χ0) is 18.3. The van der Waals surface area contributed by atoms with Gasteiger partial charge in [0.05, 0.1) is 17.9 Å². The molecule has 7 heteroatoms. The van der Waals surface area contributed by atoms with Gasteiger partial charge in [-0.2, -0.15) is 0 Å². The Labute approximate surface area is 153 Å². The minimum atomic E-state index is 0.0641. The molecule has 26 heavy (non-hydrogen) atoms. The number of amides is 1. The smallest absolute Gasteiger partial charge is 0.219 e. The maximum absolute atomic E-state index is 11.9.